The maximum Gasteiger partial charge on any atom is 0.339 e. The van der Waals surface area contributed by atoms with Crippen molar-refractivity contribution in [2.24, 2.45) is 0 Å². The van der Waals surface area contributed by atoms with Gasteiger partial charge in [0.1, 0.15) is 4.90 Å². The van der Waals surface area contributed by atoms with E-state index in [1.54, 1.807) is 26.0 Å². The van der Waals surface area contributed by atoms with Crippen LogP contribution in [0, 0.1) is 32.1 Å². The highest BCUT2D eigenvalue weighted by Crippen LogP contribution is 2.30. The van der Waals surface area contributed by atoms with Crippen molar-refractivity contribution in [3.8, 4) is 11.8 Å². The average molecular weight is 336 g/mol. The Balaban J connectivity index is 2.48. The van der Waals surface area contributed by atoms with E-state index in [1.807, 2.05) is 13.0 Å². The molecule has 0 aliphatic heterocycles. The lowest BCUT2D eigenvalue weighted by Gasteiger charge is -2.13. The van der Waals surface area contributed by atoms with Crippen LogP contribution in [0.25, 0.3) is 0 Å². The molecule has 0 saturated carbocycles. The van der Waals surface area contributed by atoms with Crippen molar-refractivity contribution in [3.05, 3.63) is 57.6 Å². The maximum absolute atomic E-state index is 12.5. The monoisotopic (exact) mass is 335 g/mol. The van der Waals surface area contributed by atoms with E-state index in [1.165, 1.54) is 18.2 Å². The number of hydrogen-bond donors (Lipinski definition) is 0. The van der Waals surface area contributed by atoms with Gasteiger partial charge in [-0.1, -0.05) is 29.3 Å². The molecular weight excluding hydrogens is 322 g/mol. The highest BCUT2D eigenvalue weighted by molar-refractivity contribution is 7.87. The van der Waals surface area contributed by atoms with Crippen LogP contribution in [0.15, 0.2) is 35.2 Å². The molecule has 0 spiro atoms. The molecule has 2 aromatic rings. The molecule has 0 bridgehead atoms. The summed E-state index contributed by atoms with van der Waals surface area (Å²) in [5, 5.41) is 8.87. The predicted octanol–water partition coefficient (Wildman–Crippen LogP) is 3.90. The lowest BCUT2D eigenvalue weighted by atomic mass is 10.1. The van der Waals surface area contributed by atoms with E-state index in [0.29, 0.717) is 16.7 Å². The summed E-state index contributed by atoms with van der Waals surface area (Å²) in [5.74, 6) is 0.0000386. The number of benzene rings is 2. The quantitative estimate of drug-likeness (QED) is 0.798. The van der Waals surface area contributed by atoms with E-state index in [2.05, 4.69) is 0 Å². The van der Waals surface area contributed by atoms with Crippen LogP contribution in [0.5, 0.6) is 5.75 Å². The highest BCUT2D eigenvalue weighted by atomic mass is 35.5. The number of halogens is 1. The summed E-state index contributed by atoms with van der Waals surface area (Å²) in [6, 6.07) is 9.67. The zero-order valence-corrected chi connectivity index (χ0v) is 13.9. The molecule has 2 rings (SSSR count). The summed E-state index contributed by atoms with van der Waals surface area (Å²) in [5.41, 5.74) is 2.53. The number of rotatable bonds is 3. The fourth-order valence-electron chi connectivity index (χ4n) is 2.36. The van der Waals surface area contributed by atoms with Gasteiger partial charge in [0.25, 0.3) is 0 Å². The lowest BCUT2D eigenvalue weighted by molar-refractivity contribution is 0.485. The van der Waals surface area contributed by atoms with Crippen molar-refractivity contribution in [2.75, 3.05) is 0 Å². The van der Waals surface area contributed by atoms with Crippen molar-refractivity contribution >= 4 is 21.7 Å². The minimum atomic E-state index is -4.00. The van der Waals surface area contributed by atoms with Crippen molar-refractivity contribution in [1.29, 1.82) is 5.26 Å². The van der Waals surface area contributed by atoms with Gasteiger partial charge in [0.05, 0.1) is 16.7 Å². The second kappa shape index (κ2) is 5.99. The molecule has 0 aromatic heterocycles. The average Bonchev–Trinajstić information content (AvgIpc) is 2.39. The van der Waals surface area contributed by atoms with Gasteiger partial charge in [-0.2, -0.15) is 13.7 Å². The summed E-state index contributed by atoms with van der Waals surface area (Å²) in [4.78, 5) is 0.138. The molecule has 2 aromatic carbocycles. The summed E-state index contributed by atoms with van der Waals surface area (Å²) in [6.07, 6.45) is 0. The van der Waals surface area contributed by atoms with Gasteiger partial charge in [-0.25, -0.2) is 0 Å². The molecule has 4 nitrogen and oxygen atoms in total. The second-order valence-electron chi connectivity index (χ2n) is 5.02. The van der Waals surface area contributed by atoms with Gasteiger partial charge in [-0.15, -0.1) is 0 Å². The minimum Gasteiger partial charge on any atom is -0.377 e. The Labute approximate surface area is 135 Å². The largest absolute Gasteiger partial charge is 0.377 e. The third-order valence-electron chi connectivity index (χ3n) is 3.12. The van der Waals surface area contributed by atoms with E-state index in [9.17, 15) is 8.42 Å². The van der Waals surface area contributed by atoms with Gasteiger partial charge in [-0.05, 0) is 50.1 Å². The van der Waals surface area contributed by atoms with Crippen molar-refractivity contribution in [1.82, 2.24) is 0 Å². The molecule has 0 heterocycles. The maximum atomic E-state index is 12.5. The van der Waals surface area contributed by atoms with E-state index >= 15 is 0 Å². The predicted molar refractivity (Wildman–Crippen MR) is 84.6 cm³/mol. The van der Waals surface area contributed by atoms with Crippen LogP contribution >= 0.6 is 11.6 Å². The molecule has 114 valence electrons. The Morgan fingerprint density at radius 2 is 1.68 bits per heavy atom. The molecule has 0 saturated heterocycles. The van der Waals surface area contributed by atoms with E-state index < -0.39 is 10.1 Å². The first-order valence-corrected chi connectivity index (χ1v) is 8.25. The SMILES string of the molecule is Cc1cc(C)c(S(=O)(=O)Oc2ccc(C#N)cc2Cl)c(C)c1. The Bertz CT molecular complexity index is 860. The number of nitriles is 1. The molecule has 0 radical (unpaired) electrons. The van der Waals surface area contributed by atoms with Crippen LogP contribution in [-0.2, 0) is 10.1 Å². The molecule has 6 heteroatoms. The standard InChI is InChI=1S/C16H14ClNO3S/c1-10-6-11(2)16(12(3)7-10)22(19,20)21-15-5-4-13(9-18)8-14(15)17/h4-8H,1-3H3. The zero-order valence-electron chi connectivity index (χ0n) is 12.3. The van der Waals surface area contributed by atoms with Crippen molar-refractivity contribution in [2.45, 2.75) is 25.7 Å². The van der Waals surface area contributed by atoms with Gasteiger partial charge in [0, 0.05) is 0 Å². The topological polar surface area (TPSA) is 67.2 Å². The Hall–Kier alpha value is -2.03. The fraction of sp³-hybridized carbons (Fsp3) is 0.188. The summed E-state index contributed by atoms with van der Waals surface area (Å²) in [7, 11) is -4.00. The smallest absolute Gasteiger partial charge is 0.339 e. The third kappa shape index (κ3) is 3.24. The molecule has 0 aliphatic carbocycles. The summed E-state index contributed by atoms with van der Waals surface area (Å²) < 4.78 is 30.2. The number of nitrogens with zero attached hydrogens (tertiary/aromatic N) is 1. The van der Waals surface area contributed by atoms with Crippen LogP contribution in [-0.4, -0.2) is 8.42 Å². The Morgan fingerprint density at radius 3 is 2.18 bits per heavy atom. The summed E-state index contributed by atoms with van der Waals surface area (Å²) >= 11 is 5.97. The van der Waals surface area contributed by atoms with E-state index in [4.69, 9.17) is 21.0 Å². The summed E-state index contributed by atoms with van der Waals surface area (Å²) in [6.45, 7) is 5.34. The van der Waals surface area contributed by atoms with Crippen LogP contribution < -0.4 is 4.18 Å². The Morgan fingerprint density at radius 1 is 1.09 bits per heavy atom. The molecule has 0 amide bonds. The molecule has 0 fully saturated rings. The van der Waals surface area contributed by atoms with Crippen LogP contribution in [0.2, 0.25) is 5.02 Å². The van der Waals surface area contributed by atoms with Crippen molar-refractivity contribution in [3.63, 3.8) is 0 Å². The first-order valence-electron chi connectivity index (χ1n) is 6.46. The zero-order chi connectivity index (χ0) is 16.5. The van der Waals surface area contributed by atoms with E-state index in [-0.39, 0.29) is 15.7 Å². The Kier molecular flexibility index (Phi) is 4.45. The minimum absolute atomic E-state index is 0.0000386. The first kappa shape index (κ1) is 16.3. The fourth-order valence-corrected chi connectivity index (χ4v) is 4.00. The number of aryl methyl sites for hydroxylation is 3. The van der Waals surface area contributed by atoms with Gasteiger partial charge < -0.3 is 4.18 Å². The highest BCUT2D eigenvalue weighted by Gasteiger charge is 2.23. The van der Waals surface area contributed by atoms with Crippen LogP contribution in [0.1, 0.15) is 22.3 Å². The molecule has 0 N–H and O–H groups in total. The van der Waals surface area contributed by atoms with Gasteiger partial charge in [0.15, 0.2) is 5.75 Å². The molecule has 22 heavy (non-hydrogen) atoms. The molecule has 0 aliphatic rings. The van der Waals surface area contributed by atoms with Gasteiger partial charge >= 0.3 is 10.1 Å². The first-order chi connectivity index (χ1) is 10.2. The van der Waals surface area contributed by atoms with Gasteiger partial charge in [-0.3, -0.25) is 0 Å². The van der Waals surface area contributed by atoms with Crippen LogP contribution in [0.4, 0.5) is 0 Å². The lowest BCUT2D eigenvalue weighted by Crippen LogP contribution is -2.13. The molecular formula is C16H14ClNO3S. The molecule has 0 unspecified atom stereocenters. The van der Waals surface area contributed by atoms with Crippen LogP contribution in [0.3, 0.4) is 0 Å². The number of hydrogen-bond acceptors (Lipinski definition) is 4. The van der Waals surface area contributed by atoms with Crippen molar-refractivity contribution < 1.29 is 12.6 Å². The normalized spacial score (nSPS) is 11.0. The van der Waals surface area contributed by atoms with E-state index in [0.717, 1.165) is 5.56 Å². The van der Waals surface area contributed by atoms with Gasteiger partial charge in [0.2, 0.25) is 0 Å². The molecule has 0 atom stereocenters. The second-order valence-corrected chi connectivity index (χ2v) is 6.91. The third-order valence-corrected chi connectivity index (χ3v) is 4.95.